The second-order valence-corrected chi connectivity index (χ2v) is 7.76. The Morgan fingerprint density at radius 3 is 1.79 bits per heavy atom. The molecule has 0 fully saturated rings. The Balaban J connectivity index is 1.84. The van der Waals surface area contributed by atoms with Crippen molar-refractivity contribution in [1.29, 1.82) is 0 Å². The van der Waals surface area contributed by atoms with Crippen LogP contribution in [0.5, 0.6) is 0 Å². The summed E-state index contributed by atoms with van der Waals surface area (Å²) in [6.07, 6.45) is 21.1. The van der Waals surface area contributed by atoms with Gasteiger partial charge in [-0.3, -0.25) is 14.9 Å². The second kappa shape index (κ2) is 16.8. The third kappa shape index (κ3) is 14.5. The maximum Gasteiger partial charge on any atom is 0.303 e. The summed E-state index contributed by atoms with van der Waals surface area (Å²) in [5.41, 5.74) is 1.34. The lowest BCUT2D eigenvalue weighted by Gasteiger charge is -2.02. The number of hydrogen-bond donors (Lipinski definition) is 1. The molecule has 5 heteroatoms. The van der Waals surface area contributed by atoms with Crippen molar-refractivity contribution in [1.82, 2.24) is 0 Å². The Bertz CT molecular complexity index is 595. The SMILES string of the molecule is O=C(O)CCCCCCC/C=C\CCCCCCCCc1ccc([N+](=O)[O-])cc1. The fourth-order valence-corrected chi connectivity index (χ4v) is 3.39. The summed E-state index contributed by atoms with van der Waals surface area (Å²) in [6, 6.07) is 6.91. The van der Waals surface area contributed by atoms with E-state index >= 15 is 0 Å². The first-order valence-corrected chi connectivity index (χ1v) is 11.2. The van der Waals surface area contributed by atoms with Crippen molar-refractivity contribution < 1.29 is 14.8 Å². The molecule has 0 saturated heterocycles. The van der Waals surface area contributed by atoms with Crippen LogP contribution in [0.1, 0.15) is 95.5 Å². The molecule has 0 saturated carbocycles. The van der Waals surface area contributed by atoms with Crippen molar-refractivity contribution in [3.8, 4) is 0 Å². The predicted molar refractivity (Wildman–Crippen MR) is 118 cm³/mol. The molecule has 0 aromatic heterocycles. The van der Waals surface area contributed by atoms with Gasteiger partial charge in [0.15, 0.2) is 0 Å². The van der Waals surface area contributed by atoms with Gasteiger partial charge in [0.1, 0.15) is 0 Å². The molecule has 0 aliphatic heterocycles. The van der Waals surface area contributed by atoms with Crippen LogP contribution in [0.2, 0.25) is 0 Å². The molecule has 0 aliphatic carbocycles. The number of nitrogens with zero attached hydrogens (tertiary/aromatic N) is 1. The largest absolute Gasteiger partial charge is 0.481 e. The Morgan fingerprint density at radius 1 is 0.793 bits per heavy atom. The number of allylic oxidation sites excluding steroid dienone is 2. The highest BCUT2D eigenvalue weighted by Gasteiger charge is 2.03. The highest BCUT2D eigenvalue weighted by atomic mass is 16.6. The van der Waals surface area contributed by atoms with Crippen molar-refractivity contribution >= 4 is 11.7 Å². The van der Waals surface area contributed by atoms with Gasteiger partial charge in [-0.05, 0) is 50.5 Å². The summed E-state index contributed by atoms with van der Waals surface area (Å²) in [5.74, 6) is -0.685. The molecule has 0 atom stereocenters. The van der Waals surface area contributed by atoms with E-state index in [1.807, 2.05) is 12.1 Å². The molecule has 0 heterocycles. The van der Waals surface area contributed by atoms with Crippen molar-refractivity contribution in [2.75, 3.05) is 0 Å². The maximum absolute atomic E-state index is 10.6. The molecular weight excluding hydrogens is 366 g/mol. The van der Waals surface area contributed by atoms with Gasteiger partial charge < -0.3 is 5.11 Å². The number of nitro benzene ring substituents is 1. The van der Waals surface area contributed by atoms with E-state index in [2.05, 4.69) is 12.2 Å². The zero-order chi connectivity index (χ0) is 21.2. The molecule has 0 amide bonds. The van der Waals surface area contributed by atoms with Crippen LogP contribution in [0.4, 0.5) is 5.69 Å². The molecule has 1 rings (SSSR count). The average Bonchev–Trinajstić information content (AvgIpc) is 2.70. The van der Waals surface area contributed by atoms with Crippen molar-refractivity contribution in [2.24, 2.45) is 0 Å². The number of nitro groups is 1. The fraction of sp³-hybridized carbons (Fsp3) is 0.625. The lowest BCUT2D eigenvalue weighted by atomic mass is 10.0. The minimum Gasteiger partial charge on any atom is -0.481 e. The number of carboxylic acids is 1. The van der Waals surface area contributed by atoms with Crippen LogP contribution in [0.3, 0.4) is 0 Å². The van der Waals surface area contributed by atoms with Gasteiger partial charge in [-0.25, -0.2) is 0 Å². The highest BCUT2D eigenvalue weighted by molar-refractivity contribution is 5.66. The lowest BCUT2D eigenvalue weighted by molar-refractivity contribution is -0.384. The minimum absolute atomic E-state index is 0.163. The first-order valence-electron chi connectivity index (χ1n) is 11.2. The monoisotopic (exact) mass is 403 g/mol. The smallest absolute Gasteiger partial charge is 0.303 e. The number of carbonyl (C=O) groups is 1. The third-order valence-corrected chi connectivity index (χ3v) is 5.16. The summed E-state index contributed by atoms with van der Waals surface area (Å²) in [5, 5.41) is 19.2. The van der Waals surface area contributed by atoms with Crippen LogP contribution >= 0.6 is 0 Å². The molecule has 0 bridgehead atoms. The van der Waals surface area contributed by atoms with Gasteiger partial charge >= 0.3 is 5.97 Å². The van der Waals surface area contributed by atoms with Gasteiger partial charge in [0, 0.05) is 18.6 Å². The summed E-state index contributed by atoms with van der Waals surface area (Å²) in [4.78, 5) is 20.7. The molecule has 0 radical (unpaired) electrons. The molecule has 0 unspecified atom stereocenters. The number of unbranched alkanes of at least 4 members (excludes halogenated alkanes) is 11. The van der Waals surface area contributed by atoms with Gasteiger partial charge in [-0.2, -0.15) is 0 Å². The first-order chi connectivity index (χ1) is 14.1. The van der Waals surface area contributed by atoms with Gasteiger partial charge in [0.05, 0.1) is 4.92 Å². The van der Waals surface area contributed by atoms with E-state index in [1.165, 1.54) is 56.9 Å². The number of non-ortho nitro benzene ring substituents is 1. The molecule has 29 heavy (non-hydrogen) atoms. The Kier molecular flexibility index (Phi) is 14.4. The Morgan fingerprint density at radius 2 is 1.28 bits per heavy atom. The summed E-state index contributed by atoms with van der Waals surface area (Å²) < 4.78 is 0. The van der Waals surface area contributed by atoms with Crippen LogP contribution in [-0.2, 0) is 11.2 Å². The summed E-state index contributed by atoms with van der Waals surface area (Å²) >= 11 is 0. The zero-order valence-electron chi connectivity index (χ0n) is 17.7. The van der Waals surface area contributed by atoms with Crippen molar-refractivity contribution in [2.45, 2.75) is 96.3 Å². The van der Waals surface area contributed by atoms with Crippen LogP contribution in [0.15, 0.2) is 36.4 Å². The number of rotatable bonds is 18. The van der Waals surface area contributed by atoms with Gasteiger partial charge in [0.2, 0.25) is 0 Å². The van der Waals surface area contributed by atoms with E-state index in [0.29, 0.717) is 6.42 Å². The summed E-state index contributed by atoms with van der Waals surface area (Å²) in [6.45, 7) is 0. The number of benzene rings is 1. The van der Waals surface area contributed by atoms with Crippen molar-refractivity contribution in [3.05, 3.63) is 52.1 Å². The van der Waals surface area contributed by atoms with Crippen molar-refractivity contribution in [3.63, 3.8) is 0 Å². The molecular formula is C24H37NO4. The van der Waals surface area contributed by atoms with E-state index in [0.717, 1.165) is 38.5 Å². The lowest BCUT2D eigenvalue weighted by Crippen LogP contribution is -1.93. The fourth-order valence-electron chi connectivity index (χ4n) is 3.39. The minimum atomic E-state index is -0.685. The van der Waals surface area contributed by atoms with Crippen LogP contribution in [0.25, 0.3) is 0 Å². The predicted octanol–water partition coefficient (Wildman–Crippen LogP) is 7.24. The Labute approximate surface area is 175 Å². The summed E-state index contributed by atoms with van der Waals surface area (Å²) in [7, 11) is 0. The molecule has 0 spiro atoms. The van der Waals surface area contributed by atoms with E-state index in [-0.39, 0.29) is 10.6 Å². The van der Waals surface area contributed by atoms with Crippen LogP contribution in [-0.4, -0.2) is 16.0 Å². The topological polar surface area (TPSA) is 80.4 Å². The Hall–Kier alpha value is -2.17. The zero-order valence-corrected chi connectivity index (χ0v) is 17.7. The van der Waals surface area contributed by atoms with E-state index in [1.54, 1.807) is 12.1 Å². The number of hydrogen-bond acceptors (Lipinski definition) is 3. The van der Waals surface area contributed by atoms with Crippen LogP contribution < -0.4 is 0 Å². The molecule has 1 N–H and O–H groups in total. The number of aryl methyl sites for hydroxylation is 1. The van der Waals surface area contributed by atoms with E-state index in [9.17, 15) is 14.9 Å². The van der Waals surface area contributed by atoms with Gasteiger partial charge in [-0.15, -0.1) is 0 Å². The van der Waals surface area contributed by atoms with Crippen LogP contribution in [0, 0.1) is 10.1 Å². The molecule has 5 nitrogen and oxygen atoms in total. The average molecular weight is 404 g/mol. The normalized spacial score (nSPS) is 11.2. The molecule has 162 valence electrons. The van der Waals surface area contributed by atoms with E-state index in [4.69, 9.17) is 5.11 Å². The quantitative estimate of drug-likeness (QED) is 0.121. The van der Waals surface area contributed by atoms with Gasteiger partial charge in [-0.1, -0.05) is 69.2 Å². The molecule has 1 aromatic carbocycles. The number of aliphatic carboxylic acids is 1. The van der Waals surface area contributed by atoms with Gasteiger partial charge in [0.25, 0.3) is 5.69 Å². The van der Waals surface area contributed by atoms with E-state index < -0.39 is 5.97 Å². The second-order valence-electron chi connectivity index (χ2n) is 7.76. The standard InChI is InChI=1S/C24H37NO4/c26-24(27)17-15-13-11-9-7-5-3-1-2-4-6-8-10-12-14-16-22-18-20-23(21-19-22)25(28)29/h1,3,18-21H,2,4-17H2,(H,26,27)/b3-1-. The molecule has 1 aromatic rings. The number of carboxylic acid groups (broad SMARTS) is 1. The molecule has 0 aliphatic rings. The maximum atomic E-state index is 10.6. The first kappa shape index (κ1) is 24.9. The highest BCUT2D eigenvalue weighted by Crippen LogP contribution is 2.15. The third-order valence-electron chi connectivity index (χ3n) is 5.16.